The number of halogens is 3. The van der Waals surface area contributed by atoms with Crippen LogP contribution in [0.25, 0.3) is 0 Å². The van der Waals surface area contributed by atoms with E-state index in [0.29, 0.717) is 19.3 Å². The number of alkyl halides is 3. The van der Waals surface area contributed by atoms with Crippen LogP contribution in [0.2, 0.25) is 0 Å². The molecular weight excluding hydrogens is 275 g/mol. The summed E-state index contributed by atoms with van der Waals surface area (Å²) in [6, 6.07) is 1.67. The number of ether oxygens (including phenoxy) is 1. The number of methoxy groups -OCH3 is 1. The van der Waals surface area contributed by atoms with Gasteiger partial charge in [0.2, 0.25) is 0 Å². The molecule has 0 saturated carbocycles. The highest BCUT2D eigenvalue weighted by Crippen LogP contribution is 2.28. The first-order chi connectivity index (χ1) is 9.41. The van der Waals surface area contributed by atoms with Crippen molar-refractivity contribution in [1.29, 1.82) is 0 Å². The molecule has 1 unspecified atom stereocenters. The van der Waals surface area contributed by atoms with E-state index in [1.165, 1.54) is 7.11 Å². The molecule has 2 N–H and O–H groups in total. The second-order valence-corrected chi connectivity index (χ2v) is 4.44. The van der Waals surface area contributed by atoms with E-state index in [1.807, 2.05) is 0 Å². The van der Waals surface area contributed by atoms with E-state index in [2.05, 4.69) is 15.6 Å². The fourth-order valence-corrected chi connectivity index (χ4v) is 1.98. The molecule has 1 aliphatic heterocycles. The molecular formula is C12H14F3N3O2. The minimum Gasteiger partial charge on any atom is -0.378 e. The summed E-state index contributed by atoms with van der Waals surface area (Å²) in [6.07, 6.45) is -3.97. The topological polar surface area (TPSA) is 63.2 Å². The standard InChI is InChI=1S/C12H14F3N3O2/c1-20-10-6-16-5-9(10)18-11(19)8-3-2-7(4-17-8)12(13,14)15/h2-4,9-10,16H,5-6H2,1H3,(H,18,19)/t9?,10-/m0/s1. The molecule has 2 rings (SSSR count). The van der Waals surface area contributed by atoms with Crippen LogP contribution in [-0.2, 0) is 10.9 Å². The fraction of sp³-hybridized carbons (Fsp3) is 0.500. The van der Waals surface area contributed by atoms with E-state index in [9.17, 15) is 18.0 Å². The molecule has 110 valence electrons. The van der Waals surface area contributed by atoms with Crippen molar-refractivity contribution in [3.8, 4) is 0 Å². The molecule has 1 saturated heterocycles. The average molecular weight is 289 g/mol. The van der Waals surface area contributed by atoms with Crippen molar-refractivity contribution in [2.24, 2.45) is 0 Å². The molecule has 0 bridgehead atoms. The Morgan fingerprint density at radius 2 is 2.20 bits per heavy atom. The van der Waals surface area contributed by atoms with Gasteiger partial charge in [0.1, 0.15) is 5.69 Å². The maximum atomic E-state index is 12.4. The number of nitrogens with one attached hydrogen (secondary N) is 2. The van der Waals surface area contributed by atoms with E-state index in [-0.39, 0.29) is 17.8 Å². The summed E-state index contributed by atoms with van der Waals surface area (Å²) in [4.78, 5) is 15.4. The van der Waals surface area contributed by atoms with Gasteiger partial charge in [-0.2, -0.15) is 13.2 Å². The van der Waals surface area contributed by atoms with Gasteiger partial charge in [-0.1, -0.05) is 0 Å². The monoisotopic (exact) mass is 289 g/mol. The van der Waals surface area contributed by atoms with Crippen LogP contribution in [0.3, 0.4) is 0 Å². The summed E-state index contributed by atoms with van der Waals surface area (Å²) in [5, 5.41) is 5.73. The van der Waals surface area contributed by atoms with Crippen molar-refractivity contribution >= 4 is 5.91 Å². The third-order valence-electron chi connectivity index (χ3n) is 3.10. The van der Waals surface area contributed by atoms with Crippen molar-refractivity contribution in [2.75, 3.05) is 20.2 Å². The molecule has 0 radical (unpaired) electrons. The molecule has 1 aromatic heterocycles. The Kier molecular flexibility index (Phi) is 4.24. The zero-order valence-corrected chi connectivity index (χ0v) is 10.7. The molecule has 1 amide bonds. The molecule has 20 heavy (non-hydrogen) atoms. The molecule has 1 fully saturated rings. The number of hydrogen-bond acceptors (Lipinski definition) is 4. The Bertz CT molecular complexity index is 476. The van der Waals surface area contributed by atoms with Gasteiger partial charge in [-0.15, -0.1) is 0 Å². The van der Waals surface area contributed by atoms with Crippen molar-refractivity contribution < 1.29 is 22.7 Å². The van der Waals surface area contributed by atoms with Gasteiger partial charge in [0, 0.05) is 26.4 Å². The quantitative estimate of drug-likeness (QED) is 0.864. The molecule has 1 aromatic rings. The molecule has 5 nitrogen and oxygen atoms in total. The second kappa shape index (κ2) is 5.76. The van der Waals surface area contributed by atoms with Gasteiger partial charge >= 0.3 is 6.18 Å². The first-order valence-corrected chi connectivity index (χ1v) is 5.99. The minimum atomic E-state index is -4.46. The van der Waals surface area contributed by atoms with Crippen molar-refractivity contribution in [3.63, 3.8) is 0 Å². The molecule has 2 heterocycles. The smallest absolute Gasteiger partial charge is 0.378 e. The zero-order valence-electron chi connectivity index (χ0n) is 10.7. The Balaban J connectivity index is 2.02. The number of carbonyl (C=O) groups excluding carboxylic acids is 1. The number of amides is 1. The fourth-order valence-electron chi connectivity index (χ4n) is 1.98. The summed E-state index contributed by atoms with van der Waals surface area (Å²) < 4.78 is 42.3. The first kappa shape index (κ1) is 14.7. The first-order valence-electron chi connectivity index (χ1n) is 5.99. The van der Waals surface area contributed by atoms with Gasteiger partial charge < -0.3 is 15.4 Å². The lowest BCUT2D eigenvalue weighted by Crippen LogP contribution is -2.43. The van der Waals surface area contributed by atoms with Gasteiger partial charge in [-0.3, -0.25) is 9.78 Å². The Morgan fingerprint density at radius 1 is 1.45 bits per heavy atom. The maximum absolute atomic E-state index is 12.4. The second-order valence-electron chi connectivity index (χ2n) is 4.44. The summed E-state index contributed by atoms with van der Waals surface area (Å²) in [7, 11) is 1.53. The van der Waals surface area contributed by atoms with Crippen molar-refractivity contribution in [2.45, 2.75) is 18.3 Å². The third-order valence-corrected chi connectivity index (χ3v) is 3.10. The Hall–Kier alpha value is -1.67. The zero-order chi connectivity index (χ0) is 14.8. The number of nitrogens with zero attached hydrogens (tertiary/aromatic N) is 1. The molecule has 2 atom stereocenters. The summed E-state index contributed by atoms with van der Waals surface area (Å²) >= 11 is 0. The molecule has 0 spiro atoms. The van der Waals surface area contributed by atoms with Gasteiger partial charge in [0.15, 0.2) is 0 Å². The number of hydrogen-bond donors (Lipinski definition) is 2. The van der Waals surface area contributed by atoms with Gasteiger partial charge in [-0.05, 0) is 12.1 Å². The van der Waals surface area contributed by atoms with E-state index in [4.69, 9.17) is 4.74 Å². The number of carbonyl (C=O) groups is 1. The lowest BCUT2D eigenvalue weighted by molar-refractivity contribution is -0.137. The van der Waals surface area contributed by atoms with Crippen molar-refractivity contribution in [1.82, 2.24) is 15.6 Å². The van der Waals surface area contributed by atoms with Crippen LogP contribution in [0.15, 0.2) is 18.3 Å². The number of rotatable bonds is 3. The summed E-state index contributed by atoms with van der Waals surface area (Å²) in [6.45, 7) is 1.16. The van der Waals surface area contributed by atoms with Crippen LogP contribution in [0.4, 0.5) is 13.2 Å². The number of pyridine rings is 1. The van der Waals surface area contributed by atoms with Crippen LogP contribution in [0.1, 0.15) is 16.1 Å². The van der Waals surface area contributed by atoms with Gasteiger partial charge in [-0.25, -0.2) is 0 Å². The van der Waals surface area contributed by atoms with E-state index in [1.54, 1.807) is 0 Å². The highest BCUT2D eigenvalue weighted by atomic mass is 19.4. The highest BCUT2D eigenvalue weighted by molar-refractivity contribution is 5.92. The lowest BCUT2D eigenvalue weighted by atomic mass is 10.2. The predicted molar refractivity (Wildman–Crippen MR) is 64.2 cm³/mol. The van der Waals surface area contributed by atoms with Crippen LogP contribution in [0.5, 0.6) is 0 Å². The van der Waals surface area contributed by atoms with Crippen LogP contribution >= 0.6 is 0 Å². The number of aromatic nitrogens is 1. The minimum absolute atomic E-state index is 0.0558. The normalized spacial score (nSPS) is 22.8. The summed E-state index contributed by atoms with van der Waals surface area (Å²) in [5.74, 6) is -0.519. The SMILES string of the molecule is CO[C@H]1CNCC1NC(=O)c1ccc(C(F)(F)F)cn1. The molecule has 8 heteroatoms. The van der Waals surface area contributed by atoms with Crippen LogP contribution in [-0.4, -0.2) is 43.2 Å². The van der Waals surface area contributed by atoms with E-state index in [0.717, 1.165) is 12.1 Å². The van der Waals surface area contributed by atoms with Gasteiger partial charge in [0.05, 0.1) is 17.7 Å². The summed E-state index contributed by atoms with van der Waals surface area (Å²) in [5.41, 5.74) is -0.939. The van der Waals surface area contributed by atoms with E-state index >= 15 is 0 Å². The molecule has 0 aliphatic carbocycles. The molecule has 0 aromatic carbocycles. The predicted octanol–water partition coefficient (Wildman–Crippen LogP) is 0.817. The third kappa shape index (κ3) is 3.26. The van der Waals surface area contributed by atoms with Gasteiger partial charge in [0.25, 0.3) is 5.91 Å². The van der Waals surface area contributed by atoms with Crippen molar-refractivity contribution in [3.05, 3.63) is 29.6 Å². The largest absolute Gasteiger partial charge is 0.417 e. The lowest BCUT2D eigenvalue weighted by Gasteiger charge is -2.18. The Morgan fingerprint density at radius 3 is 2.75 bits per heavy atom. The Labute approximate surface area is 113 Å². The molecule has 1 aliphatic rings. The average Bonchev–Trinajstić information content (AvgIpc) is 2.85. The van der Waals surface area contributed by atoms with Crippen LogP contribution in [0, 0.1) is 0 Å². The van der Waals surface area contributed by atoms with Crippen LogP contribution < -0.4 is 10.6 Å². The van der Waals surface area contributed by atoms with E-state index < -0.39 is 17.6 Å². The highest BCUT2D eigenvalue weighted by Gasteiger charge is 2.32. The maximum Gasteiger partial charge on any atom is 0.417 e.